The molecule has 0 bridgehead atoms. The first kappa shape index (κ1) is 23.3. The van der Waals surface area contributed by atoms with E-state index >= 15 is 0 Å². The number of sulfonamides is 1. The molecule has 0 saturated carbocycles. The van der Waals surface area contributed by atoms with E-state index in [4.69, 9.17) is 10.2 Å². The summed E-state index contributed by atoms with van der Waals surface area (Å²) < 4.78 is 66.2. The van der Waals surface area contributed by atoms with Crippen LogP contribution in [0.2, 0.25) is 0 Å². The monoisotopic (exact) mass is 471 g/mol. The van der Waals surface area contributed by atoms with Crippen LogP contribution in [-0.4, -0.2) is 36.2 Å². The van der Waals surface area contributed by atoms with Crippen molar-refractivity contribution in [3.05, 3.63) is 54.2 Å². The molecule has 0 amide bonds. The highest BCUT2D eigenvalue weighted by atomic mass is 32.2. The van der Waals surface area contributed by atoms with Crippen molar-refractivity contribution in [2.75, 3.05) is 12.9 Å². The van der Waals surface area contributed by atoms with E-state index < -0.39 is 21.9 Å². The number of aliphatic hydroxyl groups excluding tert-OH is 1. The number of benzene rings is 2. The number of hydrogen-bond donors (Lipinski definition) is 2. The Labute approximate surface area is 181 Å². The number of nitrogens with zero attached hydrogens (tertiary/aromatic N) is 2. The van der Waals surface area contributed by atoms with E-state index in [0.717, 1.165) is 9.58 Å². The molecule has 0 atom stereocenters. The summed E-state index contributed by atoms with van der Waals surface area (Å²) in [5, 5.41) is 18.4. The van der Waals surface area contributed by atoms with Gasteiger partial charge in [0.1, 0.15) is 5.69 Å². The maximum atomic E-state index is 14.1. The normalized spacial score (nSPS) is 12.3. The summed E-state index contributed by atoms with van der Waals surface area (Å²) in [5.74, 6) is 0. The van der Waals surface area contributed by atoms with Gasteiger partial charge in [0.05, 0.1) is 4.90 Å². The van der Waals surface area contributed by atoms with E-state index in [-0.39, 0.29) is 35.7 Å². The van der Waals surface area contributed by atoms with Gasteiger partial charge in [-0.15, -0.1) is 11.8 Å². The number of alkyl halides is 3. The predicted octanol–water partition coefficient (Wildman–Crippen LogP) is 3.99. The molecule has 31 heavy (non-hydrogen) atoms. The zero-order valence-corrected chi connectivity index (χ0v) is 18.1. The largest absolute Gasteiger partial charge is 0.433 e. The Morgan fingerprint density at radius 1 is 1.06 bits per heavy atom. The molecule has 3 aromatic rings. The minimum Gasteiger partial charge on any atom is -0.396 e. The van der Waals surface area contributed by atoms with Crippen LogP contribution < -0.4 is 5.14 Å². The number of rotatable bonds is 7. The van der Waals surface area contributed by atoms with E-state index in [1.54, 1.807) is 24.3 Å². The summed E-state index contributed by atoms with van der Waals surface area (Å²) in [6, 6.07) is 11.8. The molecule has 6 nitrogen and oxygen atoms in total. The number of hydrogen-bond acceptors (Lipinski definition) is 5. The maximum absolute atomic E-state index is 14.1. The quantitative estimate of drug-likeness (QED) is 0.508. The van der Waals surface area contributed by atoms with E-state index in [1.165, 1.54) is 36.0 Å². The van der Waals surface area contributed by atoms with Crippen molar-refractivity contribution in [3.63, 3.8) is 0 Å². The zero-order chi connectivity index (χ0) is 22.8. The van der Waals surface area contributed by atoms with Crippen LogP contribution in [0.5, 0.6) is 0 Å². The first-order valence-corrected chi connectivity index (χ1v) is 11.9. The second-order valence-electron chi connectivity index (χ2n) is 6.67. The average molecular weight is 472 g/mol. The van der Waals surface area contributed by atoms with Crippen LogP contribution in [-0.2, 0) is 22.7 Å². The molecule has 0 unspecified atom stereocenters. The van der Waals surface area contributed by atoms with Crippen molar-refractivity contribution in [2.45, 2.75) is 28.9 Å². The SMILES string of the molecule is CSc1ccc(-c2c(-c3ccc(S(N)(=O)=O)cc3)nn(CCCO)c2C(F)(F)F)cc1. The second-order valence-corrected chi connectivity index (χ2v) is 9.11. The Morgan fingerprint density at radius 3 is 2.13 bits per heavy atom. The maximum Gasteiger partial charge on any atom is 0.433 e. The number of aliphatic hydroxyl groups is 1. The third-order valence-corrected chi connectivity index (χ3v) is 6.26. The minimum atomic E-state index is -4.70. The molecule has 0 aliphatic rings. The molecule has 3 N–H and O–H groups in total. The standard InChI is InChI=1S/C20H20F3N3O3S2/c1-30-15-7-3-13(4-8-15)17-18(14-5-9-16(10-6-14)31(24,28)29)25-26(11-2-12-27)19(17)20(21,22)23/h3-10,27H,2,11-12H2,1H3,(H2,24,28,29). The Balaban J connectivity index is 2.27. The Morgan fingerprint density at radius 2 is 1.65 bits per heavy atom. The average Bonchev–Trinajstić information content (AvgIpc) is 3.11. The molecule has 0 radical (unpaired) electrons. The zero-order valence-electron chi connectivity index (χ0n) is 16.4. The van der Waals surface area contributed by atoms with Gasteiger partial charge in [0.15, 0.2) is 5.69 Å². The summed E-state index contributed by atoms with van der Waals surface area (Å²) in [7, 11) is -3.95. The third kappa shape index (κ3) is 5.12. The number of aryl methyl sites for hydroxylation is 1. The molecule has 166 valence electrons. The molecule has 0 fully saturated rings. The fourth-order valence-electron chi connectivity index (χ4n) is 3.17. The predicted molar refractivity (Wildman–Crippen MR) is 113 cm³/mol. The Bertz CT molecular complexity index is 1160. The summed E-state index contributed by atoms with van der Waals surface area (Å²) in [4.78, 5) is 0.738. The van der Waals surface area contributed by atoms with Crippen molar-refractivity contribution in [3.8, 4) is 22.4 Å². The number of primary sulfonamides is 1. The number of aromatic nitrogens is 2. The van der Waals surface area contributed by atoms with Gasteiger partial charge in [0.2, 0.25) is 10.0 Å². The summed E-state index contributed by atoms with van der Waals surface area (Å²) in [6.07, 6.45) is -2.74. The van der Waals surface area contributed by atoms with Crippen LogP contribution in [0.3, 0.4) is 0 Å². The van der Waals surface area contributed by atoms with Crippen LogP contribution >= 0.6 is 11.8 Å². The van der Waals surface area contributed by atoms with Crippen LogP contribution in [0.1, 0.15) is 12.1 Å². The first-order valence-electron chi connectivity index (χ1n) is 9.12. The highest BCUT2D eigenvalue weighted by molar-refractivity contribution is 7.98. The molecule has 0 aliphatic carbocycles. The molecule has 1 heterocycles. The van der Waals surface area contributed by atoms with Gasteiger partial charge in [0, 0.05) is 29.2 Å². The van der Waals surface area contributed by atoms with Crippen LogP contribution in [0.15, 0.2) is 58.3 Å². The summed E-state index contributed by atoms with van der Waals surface area (Å²) in [5.41, 5.74) is -0.344. The lowest BCUT2D eigenvalue weighted by molar-refractivity contribution is -0.143. The number of halogens is 3. The van der Waals surface area contributed by atoms with E-state index in [9.17, 15) is 21.6 Å². The van der Waals surface area contributed by atoms with Crippen molar-refractivity contribution in [2.24, 2.45) is 5.14 Å². The molecule has 3 rings (SSSR count). The van der Waals surface area contributed by atoms with Gasteiger partial charge in [-0.05, 0) is 42.5 Å². The molecular weight excluding hydrogens is 451 g/mol. The topological polar surface area (TPSA) is 98.2 Å². The third-order valence-electron chi connectivity index (χ3n) is 4.58. The van der Waals surface area contributed by atoms with Gasteiger partial charge in [0.25, 0.3) is 0 Å². The van der Waals surface area contributed by atoms with Gasteiger partial charge in [-0.3, -0.25) is 4.68 Å². The van der Waals surface area contributed by atoms with E-state index in [1.807, 2.05) is 6.26 Å². The Kier molecular flexibility index (Phi) is 6.79. The lowest BCUT2D eigenvalue weighted by Gasteiger charge is -2.13. The smallest absolute Gasteiger partial charge is 0.396 e. The van der Waals surface area contributed by atoms with Crippen LogP contribution in [0, 0.1) is 0 Å². The highest BCUT2D eigenvalue weighted by Gasteiger charge is 2.40. The lowest BCUT2D eigenvalue weighted by Crippen LogP contribution is -2.16. The van der Waals surface area contributed by atoms with Gasteiger partial charge in [-0.25, -0.2) is 13.6 Å². The molecule has 0 saturated heterocycles. The van der Waals surface area contributed by atoms with Crippen LogP contribution in [0.25, 0.3) is 22.4 Å². The van der Waals surface area contributed by atoms with Crippen molar-refractivity contribution < 1.29 is 26.7 Å². The van der Waals surface area contributed by atoms with E-state index in [2.05, 4.69) is 5.10 Å². The Hall–Kier alpha value is -2.34. The van der Waals surface area contributed by atoms with Gasteiger partial charge < -0.3 is 5.11 Å². The lowest BCUT2D eigenvalue weighted by atomic mass is 9.98. The molecule has 0 spiro atoms. The molecule has 2 aromatic carbocycles. The first-order chi connectivity index (χ1) is 14.6. The van der Waals surface area contributed by atoms with Crippen LogP contribution in [0.4, 0.5) is 13.2 Å². The highest BCUT2D eigenvalue weighted by Crippen LogP contribution is 2.43. The van der Waals surface area contributed by atoms with Gasteiger partial charge in [-0.1, -0.05) is 24.3 Å². The van der Waals surface area contributed by atoms with Crippen molar-refractivity contribution in [1.29, 1.82) is 0 Å². The fourth-order valence-corrected chi connectivity index (χ4v) is 4.09. The minimum absolute atomic E-state index is 0.0585. The molecule has 0 aliphatic heterocycles. The molecular formula is C20H20F3N3O3S2. The van der Waals surface area contributed by atoms with Crippen molar-refractivity contribution in [1.82, 2.24) is 9.78 Å². The van der Waals surface area contributed by atoms with Crippen molar-refractivity contribution >= 4 is 21.8 Å². The summed E-state index contributed by atoms with van der Waals surface area (Å²) in [6.45, 7) is -0.413. The summed E-state index contributed by atoms with van der Waals surface area (Å²) >= 11 is 1.46. The fraction of sp³-hybridized carbons (Fsp3) is 0.250. The second kappa shape index (κ2) is 9.03. The van der Waals surface area contributed by atoms with Gasteiger partial charge in [-0.2, -0.15) is 18.3 Å². The molecule has 1 aromatic heterocycles. The van der Waals surface area contributed by atoms with E-state index in [0.29, 0.717) is 11.1 Å². The van der Waals surface area contributed by atoms with Gasteiger partial charge >= 0.3 is 6.18 Å². The number of thioether (sulfide) groups is 1. The number of nitrogens with two attached hydrogens (primary N) is 1. The molecule has 11 heteroatoms.